The SMILES string of the molecule is CC(C)(C)OC(=O)N1[C@@H]2CCC[C@H]1[C@H](F)[C@H](N)C2.CC(C)(C)OC(=O)N1[C@]2(C)CC[C@@]1(C)[C@H](F)[C@H](N)C2.CN[C@@H]1CC2COC[C@@H]([C@@H]1F)N2C(=O)OC(C)(C)C.CN[C@@H]1C[C@H]2CC[C@@H]([C@@H]1F)N2C(=O)OC(C)(C)C. The van der Waals surface area contributed by atoms with Crippen molar-refractivity contribution >= 4 is 24.4 Å². The van der Waals surface area contributed by atoms with Crippen LogP contribution in [0.2, 0.25) is 0 Å². The van der Waals surface area contributed by atoms with Crippen molar-refractivity contribution in [3.8, 4) is 0 Å². The minimum Gasteiger partial charge on any atom is -0.444 e. The standard InChI is InChI=1S/C14H25FN2O2.C13H23FN2O3.2C13H23FN2O2/c1-12(2,3)19-11(18)17-13(4)6-7-14(17,5)10(15)9(16)8-13;1-13(2,3)19-12(17)16-8-5-9(15-4)11(14)10(16)7-18-6-8;1-13(2,3)18-12(17)16-8-5-6-10(16)11(14)9(7-8)15-4;1-13(2,3)18-12(17)16-8-5-4-6-10(16)11(14)9(15)7-8/h9-10H,6-8,16H2,1-5H3;8-11,15H,5-7H2,1-4H3;8-11,15H,5-7H2,1-4H3;8-11H,4-7,15H2,1-3H3/t9-,10-,13-,14+;8?,9-,10+,11-;2*8-,9-,10+,11-/m1111/s1. The van der Waals surface area contributed by atoms with Gasteiger partial charge in [0.15, 0.2) is 0 Å². The van der Waals surface area contributed by atoms with E-state index in [0.29, 0.717) is 45.1 Å². The van der Waals surface area contributed by atoms with E-state index < -0.39 is 95.1 Å². The molecular weight excluding hydrogens is 969 g/mol. The van der Waals surface area contributed by atoms with Crippen LogP contribution < -0.4 is 22.1 Å². The van der Waals surface area contributed by atoms with Crippen LogP contribution in [0.3, 0.4) is 0 Å². The highest BCUT2D eigenvalue weighted by molar-refractivity contribution is 5.72. The molecule has 8 aliphatic rings. The Hall–Kier alpha value is -3.40. The first kappa shape index (κ1) is 61.5. The van der Waals surface area contributed by atoms with Gasteiger partial charge in [-0.15, -0.1) is 0 Å². The van der Waals surface area contributed by atoms with Gasteiger partial charge in [-0.05, 0) is 182 Å². The average molecular weight is 1060 g/mol. The number of rotatable bonds is 2. The summed E-state index contributed by atoms with van der Waals surface area (Å²) in [5.74, 6) is 0. The van der Waals surface area contributed by atoms with Crippen molar-refractivity contribution in [2.24, 2.45) is 11.5 Å². The van der Waals surface area contributed by atoms with Gasteiger partial charge in [-0.3, -0.25) is 19.6 Å². The molecule has 8 saturated heterocycles. The Balaban J connectivity index is 0.000000183. The monoisotopic (exact) mass is 1060 g/mol. The number of carbonyl (C=O) groups is 4. The van der Waals surface area contributed by atoms with Crippen molar-refractivity contribution in [3.05, 3.63) is 0 Å². The van der Waals surface area contributed by atoms with Crippen LogP contribution in [-0.2, 0) is 23.7 Å². The lowest BCUT2D eigenvalue weighted by molar-refractivity contribution is -0.110. The molecule has 4 amide bonds. The first-order chi connectivity index (χ1) is 34.0. The predicted octanol–water partition coefficient (Wildman–Crippen LogP) is 8.22. The zero-order chi connectivity index (χ0) is 55.8. The third kappa shape index (κ3) is 14.4. The third-order valence-electron chi connectivity index (χ3n) is 15.6. The van der Waals surface area contributed by atoms with E-state index in [1.165, 1.54) is 4.90 Å². The molecule has 16 atom stereocenters. The Morgan fingerprint density at radius 3 is 1.46 bits per heavy atom. The predicted molar refractivity (Wildman–Crippen MR) is 275 cm³/mol. The maximum atomic E-state index is 14.5. The maximum absolute atomic E-state index is 14.5. The number of nitrogens with zero attached hydrogens (tertiary/aromatic N) is 4. The zero-order valence-electron chi connectivity index (χ0n) is 47.4. The van der Waals surface area contributed by atoms with E-state index in [1.54, 1.807) is 35.7 Å². The largest absolute Gasteiger partial charge is 0.444 e. The Morgan fingerprint density at radius 1 is 0.541 bits per heavy atom. The second kappa shape index (κ2) is 23.3. The molecule has 0 aromatic rings. The van der Waals surface area contributed by atoms with Gasteiger partial charge in [0.25, 0.3) is 0 Å². The normalized spacial score (nSPS) is 37.4. The van der Waals surface area contributed by atoms with E-state index in [4.69, 9.17) is 35.2 Å². The summed E-state index contributed by atoms with van der Waals surface area (Å²) in [7, 11) is 3.52. The van der Waals surface area contributed by atoms with Gasteiger partial charge in [0.05, 0.1) is 42.9 Å². The first-order valence-corrected chi connectivity index (χ1v) is 27.0. The van der Waals surface area contributed by atoms with Gasteiger partial charge in [-0.1, -0.05) is 0 Å². The smallest absolute Gasteiger partial charge is 0.411 e. The summed E-state index contributed by atoms with van der Waals surface area (Å²) < 4.78 is 84.2. The maximum Gasteiger partial charge on any atom is 0.411 e. The Kier molecular flexibility index (Phi) is 19.3. The summed E-state index contributed by atoms with van der Waals surface area (Å²) >= 11 is 0. The van der Waals surface area contributed by atoms with Crippen molar-refractivity contribution in [2.45, 2.75) is 286 Å². The van der Waals surface area contributed by atoms with Gasteiger partial charge >= 0.3 is 24.4 Å². The number of fused-ring (bicyclic) bond motifs is 8. The molecule has 17 nitrogen and oxygen atoms in total. The lowest BCUT2D eigenvalue weighted by Gasteiger charge is -2.51. The summed E-state index contributed by atoms with van der Waals surface area (Å²) in [5.41, 5.74) is 8.26. The number of nitrogens with one attached hydrogen (secondary N) is 2. The molecule has 0 aromatic carbocycles. The number of carbonyl (C=O) groups excluding carboxylic acids is 4. The van der Waals surface area contributed by atoms with Gasteiger partial charge in [0, 0.05) is 41.8 Å². The molecule has 8 fully saturated rings. The highest BCUT2D eigenvalue weighted by Gasteiger charge is 2.63. The lowest BCUT2D eigenvalue weighted by Crippen LogP contribution is -2.68. The molecule has 8 rings (SSSR count). The van der Waals surface area contributed by atoms with Gasteiger partial charge < -0.3 is 45.8 Å². The van der Waals surface area contributed by atoms with Gasteiger partial charge in [0.2, 0.25) is 0 Å². The average Bonchev–Trinajstić information content (AvgIpc) is 3.73. The van der Waals surface area contributed by atoms with Crippen LogP contribution in [-0.4, -0.2) is 190 Å². The number of ether oxygens (including phenoxy) is 5. The Bertz CT molecular complexity index is 1940. The highest BCUT2D eigenvalue weighted by atomic mass is 19.1. The van der Waals surface area contributed by atoms with Crippen LogP contribution >= 0.6 is 0 Å². The van der Waals surface area contributed by atoms with Crippen LogP contribution in [0.25, 0.3) is 0 Å². The molecule has 428 valence electrons. The molecule has 6 N–H and O–H groups in total. The summed E-state index contributed by atoms with van der Waals surface area (Å²) in [6.45, 7) is 26.3. The summed E-state index contributed by atoms with van der Waals surface area (Å²) in [6.07, 6.45) is 1.73. The van der Waals surface area contributed by atoms with Crippen LogP contribution in [0.1, 0.15) is 168 Å². The van der Waals surface area contributed by atoms with Crippen molar-refractivity contribution in [1.82, 2.24) is 30.2 Å². The van der Waals surface area contributed by atoms with E-state index in [2.05, 4.69) is 10.6 Å². The van der Waals surface area contributed by atoms with E-state index in [9.17, 15) is 36.7 Å². The van der Waals surface area contributed by atoms with E-state index in [-0.39, 0.29) is 54.5 Å². The number of hydrogen-bond donors (Lipinski definition) is 4. The quantitative estimate of drug-likeness (QED) is 0.152. The zero-order valence-corrected chi connectivity index (χ0v) is 47.4. The van der Waals surface area contributed by atoms with Crippen LogP contribution in [0, 0.1) is 0 Å². The second-order valence-electron chi connectivity index (χ2n) is 26.3. The summed E-state index contributed by atoms with van der Waals surface area (Å²) in [6, 6.07) is -2.54. The molecule has 1 unspecified atom stereocenters. The number of amides is 4. The molecule has 0 aromatic heterocycles. The molecular formula is C53H94F4N8O9. The van der Waals surface area contributed by atoms with Gasteiger partial charge in [0.1, 0.15) is 47.1 Å². The fourth-order valence-corrected chi connectivity index (χ4v) is 12.4. The molecule has 8 aliphatic heterocycles. The number of alkyl halides is 4. The number of hydrogen-bond acceptors (Lipinski definition) is 13. The van der Waals surface area contributed by atoms with Gasteiger partial charge in [-0.2, -0.15) is 0 Å². The first-order valence-electron chi connectivity index (χ1n) is 27.0. The third-order valence-corrected chi connectivity index (χ3v) is 15.6. The minimum absolute atomic E-state index is 0.0422. The van der Waals surface area contributed by atoms with Crippen LogP contribution in [0.5, 0.6) is 0 Å². The van der Waals surface area contributed by atoms with E-state index in [0.717, 1.165) is 32.1 Å². The molecule has 21 heteroatoms. The molecule has 74 heavy (non-hydrogen) atoms. The van der Waals surface area contributed by atoms with Crippen molar-refractivity contribution in [3.63, 3.8) is 0 Å². The van der Waals surface area contributed by atoms with Crippen molar-refractivity contribution < 1.29 is 60.4 Å². The second-order valence-corrected chi connectivity index (χ2v) is 26.3. The number of halogens is 4. The van der Waals surface area contributed by atoms with E-state index in [1.807, 2.05) is 90.0 Å². The van der Waals surface area contributed by atoms with Crippen LogP contribution in [0.4, 0.5) is 36.7 Å². The number of nitrogens with two attached hydrogens (primary N) is 2. The molecule has 0 spiro atoms. The van der Waals surface area contributed by atoms with E-state index >= 15 is 0 Å². The summed E-state index contributed by atoms with van der Waals surface area (Å²) in [4.78, 5) is 55.3. The highest BCUT2D eigenvalue weighted by Crippen LogP contribution is 2.52. The lowest BCUT2D eigenvalue weighted by atomic mass is 9.81. The molecule has 0 radical (unpaired) electrons. The molecule has 0 saturated carbocycles. The molecule has 0 aliphatic carbocycles. The Labute approximate surface area is 438 Å². The van der Waals surface area contributed by atoms with Crippen LogP contribution in [0.15, 0.2) is 0 Å². The fraction of sp³-hybridized carbons (Fsp3) is 0.925. The minimum atomic E-state index is -1.20. The van der Waals surface area contributed by atoms with Crippen molar-refractivity contribution in [2.75, 3.05) is 27.3 Å². The summed E-state index contributed by atoms with van der Waals surface area (Å²) in [5, 5.41) is 5.99. The topological polar surface area (TPSA) is 203 Å². The number of morpholine rings is 1. The molecule has 8 heterocycles. The fourth-order valence-electron chi connectivity index (χ4n) is 12.4. The molecule has 8 bridgehead atoms. The Morgan fingerprint density at radius 2 is 0.973 bits per heavy atom. The number of piperidine rings is 5. The van der Waals surface area contributed by atoms with Gasteiger partial charge in [-0.25, -0.2) is 36.7 Å². The van der Waals surface area contributed by atoms with Crippen molar-refractivity contribution in [1.29, 1.82) is 0 Å².